The second kappa shape index (κ2) is 7.40. The smallest absolute Gasteiger partial charge is 0.338 e. The predicted molar refractivity (Wildman–Crippen MR) is 97.3 cm³/mol. The fourth-order valence-corrected chi connectivity index (χ4v) is 3.10. The van der Waals surface area contributed by atoms with Gasteiger partial charge in [-0.25, -0.2) is 14.8 Å². The number of hydrogen-bond acceptors (Lipinski definition) is 6. The third-order valence-electron chi connectivity index (χ3n) is 3.54. The minimum absolute atomic E-state index is 0.0716. The maximum Gasteiger partial charge on any atom is 0.338 e. The Balaban J connectivity index is 1.73. The average molecular weight is 355 g/mol. The molecule has 0 bridgehead atoms. The highest BCUT2D eigenvalue weighted by atomic mass is 32.2. The number of esters is 1. The van der Waals surface area contributed by atoms with Crippen LogP contribution in [0, 0.1) is 0 Å². The lowest BCUT2D eigenvalue weighted by molar-refractivity contribution is 0.0462. The van der Waals surface area contributed by atoms with Gasteiger partial charge in [0, 0.05) is 28.2 Å². The number of carbonyl (C=O) groups excluding carboxylic acids is 1. The molecule has 0 fully saturated rings. The van der Waals surface area contributed by atoms with Crippen LogP contribution in [0.5, 0.6) is 0 Å². The largest absolute Gasteiger partial charge is 0.454 e. The number of fused-ring (bicyclic) bond motifs is 1. The van der Waals surface area contributed by atoms with Crippen LogP contribution in [0.3, 0.4) is 0 Å². The van der Waals surface area contributed by atoms with Crippen molar-refractivity contribution >= 4 is 33.5 Å². The molecule has 1 heterocycles. The van der Waals surface area contributed by atoms with Crippen molar-refractivity contribution in [1.82, 2.24) is 9.97 Å². The number of carbonyl (C=O) groups is 1. The van der Waals surface area contributed by atoms with Gasteiger partial charge >= 0.3 is 5.97 Å². The quantitative estimate of drug-likeness (QED) is 0.706. The van der Waals surface area contributed by atoms with Gasteiger partial charge < -0.3 is 10.5 Å². The lowest BCUT2D eigenvalue weighted by atomic mass is 10.1. The molecule has 2 aromatic carbocycles. The van der Waals surface area contributed by atoms with Crippen LogP contribution in [-0.4, -0.2) is 26.4 Å². The molecule has 128 valence electrons. The Kier molecular flexibility index (Phi) is 5.04. The van der Waals surface area contributed by atoms with Gasteiger partial charge in [-0.2, -0.15) is 0 Å². The Hall–Kier alpha value is -2.80. The summed E-state index contributed by atoms with van der Waals surface area (Å²) in [5.41, 5.74) is 7.84. The molecule has 1 aromatic heterocycles. The highest BCUT2D eigenvalue weighted by Crippen LogP contribution is 2.17. The maximum atomic E-state index is 12.2. The van der Waals surface area contributed by atoms with E-state index in [1.807, 2.05) is 30.3 Å². The summed E-state index contributed by atoms with van der Waals surface area (Å²) < 4.78 is 16.6. The standard InChI is InChI=1S/C18H17N3O3S/c1-25(23)11-12-5-4-6-13(9-12)18(22)24-10-16-20-15-8-3-2-7-14(15)17(19)21-16/h2-9H,10-11H2,1H3,(H2,19,20,21). The summed E-state index contributed by atoms with van der Waals surface area (Å²) >= 11 is 0. The number of hydrogen-bond donors (Lipinski definition) is 1. The lowest BCUT2D eigenvalue weighted by Gasteiger charge is -2.07. The first-order valence-corrected chi connectivity index (χ1v) is 9.33. The van der Waals surface area contributed by atoms with E-state index in [-0.39, 0.29) is 6.61 Å². The van der Waals surface area contributed by atoms with Crippen LogP contribution in [0.2, 0.25) is 0 Å². The van der Waals surface area contributed by atoms with Crippen LogP contribution in [0.25, 0.3) is 10.9 Å². The van der Waals surface area contributed by atoms with Crippen LogP contribution in [0.15, 0.2) is 48.5 Å². The second-order valence-electron chi connectivity index (χ2n) is 5.54. The van der Waals surface area contributed by atoms with E-state index in [1.165, 1.54) is 0 Å². The topological polar surface area (TPSA) is 95.2 Å². The zero-order chi connectivity index (χ0) is 17.8. The van der Waals surface area contributed by atoms with Crippen molar-refractivity contribution in [3.8, 4) is 0 Å². The molecule has 0 amide bonds. The molecule has 6 nitrogen and oxygen atoms in total. The molecule has 1 unspecified atom stereocenters. The number of nitrogens with two attached hydrogens (primary N) is 1. The Morgan fingerprint density at radius 1 is 1.16 bits per heavy atom. The molecule has 0 aliphatic rings. The van der Waals surface area contributed by atoms with Gasteiger partial charge in [0.2, 0.25) is 0 Å². The molecular formula is C18H17N3O3S. The van der Waals surface area contributed by atoms with E-state index in [2.05, 4.69) is 9.97 Å². The molecule has 0 radical (unpaired) electrons. The Labute approximate surface area is 147 Å². The Bertz CT molecular complexity index is 959. The molecule has 0 aliphatic carbocycles. The number of rotatable bonds is 5. The minimum atomic E-state index is -0.974. The summed E-state index contributed by atoms with van der Waals surface area (Å²) in [6.45, 7) is -0.0716. The Morgan fingerprint density at radius 2 is 1.96 bits per heavy atom. The van der Waals surface area contributed by atoms with E-state index in [9.17, 15) is 9.00 Å². The van der Waals surface area contributed by atoms with E-state index >= 15 is 0 Å². The molecule has 7 heteroatoms. The molecule has 0 saturated heterocycles. The predicted octanol–water partition coefficient (Wildman–Crippen LogP) is 2.45. The van der Waals surface area contributed by atoms with E-state index in [1.54, 1.807) is 24.5 Å². The van der Waals surface area contributed by atoms with Crippen molar-refractivity contribution in [3.63, 3.8) is 0 Å². The highest BCUT2D eigenvalue weighted by Gasteiger charge is 2.11. The van der Waals surface area contributed by atoms with Gasteiger partial charge in [0.1, 0.15) is 5.82 Å². The lowest BCUT2D eigenvalue weighted by Crippen LogP contribution is -2.09. The summed E-state index contributed by atoms with van der Waals surface area (Å²) in [6.07, 6.45) is 1.62. The number of nitrogens with zero attached hydrogens (tertiary/aromatic N) is 2. The van der Waals surface area contributed by atoms with Crippen LogP contribution in [0.4, 0.5) is 5.82 Å². The zero-order valence-corrected chi connectivity index (χ0v) is 14.5. The molecule has 0 aliphatic heterocycles. The van der Waals surface area contributed by atoms with Crippen molar-refractivity contribution in [1.29, 1.82) is 0 Å². The second-order valence-corrected chi connectivity index (χ2v) is 6.97. The van der Waals surface area contributed by atoms with Gasteiger partial charge in [0.25, 0.3) is 0 Å². The van der Waals surface area contributed by atoms with Crippen LogP contribution >= 0.6 is 0 Å². The number of nitrogen functional groups attached to an aromatic ring is 1. The summed E-state index contributed by atoms with van der Waals surface area (Å²) in [5.74, 6) is 0.601. The third kappa shape index (κ3) is 4.19. The van der Waals surface area contributed by atoms with Crippen molar-refractivity contribution in [3.05, 3.63) is 65.5 Å². The molecule has 25 heavy (non-hydrogen) atoms. The summed E-state index contributed by atoms with van der Waals surface area (Å²) in [5, 5.41) is 0.762. The average Bonchev–Trinajstić information content (AvgIpc) is 2.59. The van der Waals surface area contributed by atoms with Crippen LogP contribution in [0.1, 0.15) is 21.7 Å². The third-order valence-corrected chi connectivity index (χ3v) is 4.28. The van der Waals surface area contributed by atoms with E-state index in [4.69, 9.17) is 10.5 Å². The van der Waals surface area contributed by atoms with Crippen molar-refractivity contribution in [2.45, 2.75) is 12.4 Å². The number of ether oxygens (including phenoxy) is 1. The maximum absolute atomic E-state index is 12.2. The SMILES string of the molecule is CS(=O)Cc1cccc(C(=O)OCc2nc(N)c3ccccc3n2)c1. The highest BCUT2D eigenvalue weighted by molar-refractivity contribution is 7.83. The number of anilines is 1. The fourth-order valence-electron chi connectivity index (χ4n) is 2.45. The first-order chi connectivity index (χ1) is 12.0. The van der Waals surface area contributed by atoms with E-state index in [0.717, 1.165) is 10.9 Å². The van der Waals surface area contributed by atoms with Crippen LogP contribution in [-0.2, 0) is 27.9 Å². The summed E-state index contributed by atoms with van der Waals surface area (Å²) in [4.78, 5) is 20.7. The number of para-hydroxylation sites is 1. The molecule has 3 aromatic rings. The normalized spacial score (nSPS) is 12.0. The molecule has 0 saturated carbocycles. The van der Waals surface area contributed by atoms with Crippen molar-refractivity contribution in [2.24, 2.45) is 0 Å². The monoisotopic (exact) mass is 355 g/mol. The van der Waals surface area contributed by atoms with E-state index in [0.29, 0.717) is 28.5 Å². The zero-order valence-electron chi connectivity index (χ0n) is 13.6. The van der Waals surface area contributed by atoms with Crippen molar-refractivity contribution in [2.75, 3.05) is 12.0 Å². The van der Waals surface area contributed by atoms with Gasteiger partial charge in [-0.05, 0) is 29.8 Å². The fraction of sp³-hybridized carbons (Fsp3) is 0.167. The van der Waals surface area contributed by atoms with Gasteiger partial charge in [-0.1, -0.05) is 24.3 Å². The molecular weight excluding hydrogens is 338 g/mol. The molecule has 2 N–H and O–H groups in total. The molecule has 1 atom stereocenters. The summed E-state index contributed by atoms with van der Waals surface area (Å²) in [6, 6.07) is 14.3. The van der Waals surface area contributed by atoms with Gasteiger partial charge in [0.05, 0.1) is 11.1 Å². The first kappa shape index (κ1) is 17.0. The first-order valence-electron chi connectivity index (χ1n) is 7.60. The number of benzene rings is 2. The van der Waals surface area contributed by atoms with Gasteiger partial charge in [-0.3, -0.25) is 4.21 Å². The molecule has 0 spiro atoms. The molecule has 3 rings (SSSR count). The van der Waals surface area contributed by atoms with E-state index < -0.39 is 16.8 Å². The van der Waals surface area contributed by atoms with Gasteiger partial charge in [0.15, 0.2) is 12.4 Å². The van der Waals surface area contributed by atoms with Gasteiger partial charge in [-0.15, -0.1) is 0 Å². The number of aromatic nitrogens is 2. The minimum Gasteiger partial charge on any atom is -0.454 e. The Morgan fingerprint density at radius 3 is 2.76 bits per heavy atom. The van der Waals surface area contributed by atoms with Crippen LogP contribution < -0.4 is 5.73 Å². The summed E-state index contributed by atoms with van der Waals surface area (Å²) in [7, 11) is -0.974. The van der Waals surface area contributed by atoms with Crippen molar-refractivity contribution < 1.29 is 13.7 Å².